The lowest BCUT2D eigenvalue weighted by molar-refractivity contribution is 1.26. The van der Waals surface area contributed by atoms with Crippen LogP contribution in [0.3, 0.4) is 0 Å². The van der Waals surface area contributed by atoms with Crippen molar-refractivity contribution in [1.29, 1.82) is 0 Å². The third kappa shape index (κ3) is 4.05. The van der Waals surface area contributed by atoms with Crippen LogP contribution in [0.1, 0.15) is 0 Å². The molecule has 0 radical (unpaired) electrons. The van der Waals surface area contributed by atoms with Gasteiger partial charge in [-0.15, -0.1) is 0 Å². The van der Waals surface area contributed by atoms with E-state index in [2.05, 4.69) is 52.5 Å². The Hall–Kier alpha value is -1.92. The average Bonchev–Trinajstić information content (AvgIpc) is 2.47. The Labute approximate surface area is 145 Å². The standard InChI is InChI=1S/C16H12Br2N4/c17-13-6-2-8-15(21-13)19-11-4-1-5-12(10-11)20-16-9-3-7-14(18)22-16/h1-10H,(H,19,21)(H,20,22). The van der Waals surface area contributed by atoms with E-state index in [1.807, 2.05) is 60.7 Å². The maximum atomic E-state index is 4.36. The van der Waals surface area contributed by atoms with Gasteiger partial charge < -0.3 is 10.6 Å². The molecule has 2 heterocycles. The van der Waals surface area contributed by atoms with Crippen LogP contribution in [-0.2, 0) is 0 Å². The van der Waals surface area contributed by atoms with Crippen LogP contribution in [-0.4, -0.2) is 9.97 Å². The number of halogens is 2. The van der Waals surface area contributed by atoms with Gasteiger partial charge in [0.25, 0.3) is 0 Å². The molecule has 0 fully saturated rings. The molecule has 0 spiro atoms. The molecule has 3 rings (SSSR count). The number of hydrogen-bond donors (Lipinski definition) is 2. The second kappa shape index (κ2) is 6.89. The predicted octanol–water partition coefficient (Wildman–Crippen LogP) is 5.49. The quantitative estimate of drug-likeness (QED) is 0.549. The van der Waals surface area contributed by atoms with Crippen LogP contribution in [0.4, 0.5) is 23.0 Å². The van der Waals surface area contributed by atoms with Crippen molar-refractivity contribution in [2.45, 2.75) is 0 Å². The molecule has 0 saturated carbocycles. The van der Waals surface area contributed by atoms with E-state index in [-0.39, 0.29) is 0 Å². The van der Waals surface area contributed by atoms with Crippen molar-refractivity contribution in [3.8, 4) is 0 Å². The minimum absolute atomic E-state index is 0.784. The number of pyridine rings is 2. The van der Waals surface area contributed by atoms with Gasteiger partial charge in [-0.2, -0.15) is 0 Å². The Morgan fingerprint density at radius 2 is 1.09 bits per heavy atom. The maximum Gasteiger partial charge on any atom is 0.131 e. The van der Waals surface area contributed by atoms with Gasteiger partial charge in [-0.3, -0.25) is 0 Å². The molecular weight excluding hydrogens is 408 g/mol. The molecule has 0 atom stereocenters. The first-order valence-electron chi connectivity index (χ1n) is 6.58. The molecule has 0 bridgehead atoms. The molecule has 22 heavy (non-hydrogen) atoms. The van der Waals surface area contributed by atoms with Crippen LogP contribution in [0.5, 0.6) is 0 Å². The zero-order valence-corrected chi connectivity index (χ0v) is 14.6. The molecule has 110 valence electrons. The van der Waals surface area contributed by atoms with Crippen molar-refractivity contribution < 1.29 is 0 Å². The highest BCUT2D eigenvalue weighted by molar-refractivity contribution is 9.10. The number of nitrogens with zero attached hydrogens (tertiary/aromatic N) is 2. The van der Waals surface area contributed by atoms with Crippen LogP contribution in [0.2, 0.25) is 0 Å². The molecule has 0 aliphatic rings. The summed E-state index contributed by atoms with van der Waals surface area (Å²) in [7, 11) is 0. The van der Waals surface area contributed by atoms with Crippen molar-refractivity contribution in [2.75, 3.05) is 10.6 Å². The van der Waals surface area contributed by atoms with E-state index in [4.69, 9.17) is 0 Å². The minimum atomic E-state index is 0.784. The van der Waals surface area contributed by atoms with Crippen molar-refractivity contribution in [3.05, 3.63) is 69.9 Å². The fourth-order valence-electron chi connectivity index (χ4n) is 1.93. The van der Waals surface area contributed by atoms with Crippen molar-refractivity contribution in [1.82, 2.24) is 9.97 Å². The van der Waals surface area contributed by atoms with Gasteiger partial charge in [-0.1, -0.05) is 18.2 Å². The lowest BCUT2D eigenvalue weighted by Crippen LogP contribution is -1.96. The van der Waals surface area contributed by atoms with E-state index in [1.54, 1.807) is 0 Å². The molecule has 2 N–H and O–H groups in total. The fourth-order valence-corrected chi connectivity index (χ4v) is 2.61. The Bertz CT molecular complexity index is 730. The summed E-state index contributed by atoms with van der Waals surface area (Å²) in [5.41, 5.74) is 1.90. The van der Waals surface area contributed by atoms with Gasteiger partial charge in [0.2, 0.25) is 0 Å². The van der Waals surface area contributed by atoms with Crippen LogP contribution in [0, 0.1) is 0 Å². The highest BCUT2D eigenvalue weighted by Crippen LogP contribution is 2.22. The molecule has 0 amide bonds. The molecule has 1 aromatic carbocycles. The van der Waals surface area contributed by atoms with E-state index >= 15 is 0 Å². The average molecular weight is 420 g/mol. The Morgan fingerprint density at radius 1 is 0.636 bits per heavy atom. The number of hydrogen-bond acceptors (Lipinski definition) is 4. The first-order chi connectivity index (χ1) is 10.7. The lowest BCUT2D eigenvalue weighted by atomic mass is 10.2. The molecule has 4 nitrogen and oxygen atoms in total. The SMILES string of the molecule is Brc1cccc(Nc2cccc(Nc3cccc(Br)n3)c2)n1. The maximum absolute atomic E-state index is 4.36. The smallest absolute Gasteiger partial charge is 0.131 e. The van der Waals surface area contributed by atoms with Gasteiger partial charge in [0.15, 0.2) is 0 Å². The first kappa shape index (κ1) is 15.0. The third-order valence-electron chi connectivity index (χ3n) is 2.84. The second-order valence-corrected chi connectivity index (χ2v) is 6.15. The Kier molecular flexibility index (Phi) is 4.70. The number of aromatic nitrogens is 2. The number of anilines is 4. The summed E-state index contributed by atoms with van der Waals surface area (Å²) < 4.78 is 1.59. The fraction of sp³-hybridized carbons (Fsp3) is 0. The van der Waals surface area contributed by atoms with Gasteiger partial charge >= 0.3 is 0 Å². The minimum Gasteiger partial charge on any atom is -0.340 e. The zero-order chi connectivity index (χ0) is 15.4. The zero-order valence-electron chi connectivity index (χ0n) is 11.4. The van der Waals surface area contributed by atoms with Crippen molar-refractivity contribution in [2.24, 2.45) is 0 Å². The molecule has 0 aliphatic carbocycles. The number of nitrogens with one attached hydrogen (secondary N) is 2. The summed E-state index contributed by atoms with van der Waals surface area (Å²) in [6.07, 6.45) is 0. The van der Waals surface area contributed by atoms with Gasteiger partial charge in [0.05, 0.1) is 0 Å². The van der Waals surface area contributed by atoms with Crippen LogP contribution in [0.15, 0.2) is 69.9 Å². The number of benzene rings is 1. The summed E-state index contributed by atoms with van der Waals surface area (Å²) in [4.78, 5) is 8.72. The molecule has 2 aromatic heterocycles. The van der Waals surface area contributed by atoms with E-state index in [9.17, 15) is 0 Å². The highest BCUT2D eigenvalue weighted by Gasteiger charge is 2.00. The molecule has 0 aliphatic heterocycles. The van der Waals surface area contributed by atoms with Gasteiger partial charge in [0, 0.05) is 11.4 Å². The lowest BCUT2D eigenvalue weighted by Gasteiger charge is -2.09. The predicted molar refractivity (Wildman–Crippen MR) is 96.9 cm³/mol. The van der Waals surface area contributed by atoms with Gasteiger partial charge in [0.1, 0.15) is 20.8 Å². The van der Waals surface area contributed by atoms with Crippen molar-refractivity contribution in [3.63, 3.8) is 0 Å². The summed E-state index contributed by atoms with van der Waals surface area (Å²) in [5, 5.41) is 6.54. The molecule has 0 unspecified atom stereocenters. The molecule has 3 aromatic rings. The normalized spacial score (nSPS) is 10.3. The van der Waals surface area contributed by atoms with Gasteiger partial charge in [-0.25, -0.2) is 9.97 Å². The van der Waals surface area contributed by atoms with Crippen LogP contribution >= 0.6 is 31.9 Å². The molecular formula is C16H12Br2N4. The van der Waals surface area contributed by atoms with Crippen LogP contribution in [0.25, 0.3) is 0 Å². The van der Waals surface area contributed by atoms with E-state index in [0.29, 0.717) is 0 Å². The largest absolute Gasteiger partial charge is 0.340 e. The van der Waals surface area contributed by atoms with Crippen LogP contribution < -0.4 is 10.6 Å². The van der Waals surface area contributed by atoms with Gasteiger partial charge in [-0.05, 0) is 74.3 Å². The summed E-state index contributed by atoms with van der Waals surface area (Å²) in [6.45, 7) is 0. The van der Waals surface area contributed by atoms with E-state index < -0.39 is 0 Å². The number of rotatable bonds is 4. The summed E-state index contributed by atoms with van der Waals surface area (Å²) in [6, 6.07) is 19.4. The van der Waals surface area contributed by atoms with Crippen molar-refractivity contribution >= 4 is 54.9 Å². The third-order valence-corrected chi connectivity index (χ3v) is 3.72. The van der Waals surface area contributed by atoms with E-state index in [1.165, 1.54) is 0 Å². The summed E-state index contributed by atoms with van der Waals surface area (Å²) >= 11 is 6.73. The first-order valence-corrected chi connectivity index (χ1v) is 8.17. The van der Waals surface area contributed by atoms with E-state index in [0.717, 1.165) is 32.2 Å². The molecule has 6 heteroatoms. The second-order valence-electron chi connectivity index (χ2n) is 4.52. The Morgan fingerprint density at radius 3 is 1.55 bits per heavy atom. The molecule has 0 saturated heterocycles. The highest BCUT2D eigenvalue weighted by atomic mass is 79.9. The topological polar surface area (TPSA) is 49.8 Å². The summed E-state index contributed by atoms with van der Waals surface area (Å²) in [5.74, 6) is 1.57. The Balaban J connectivity index is 1.78. The monoisotopic (exact) mass is 418 g/mol.